The van der Waals surface area contributed by atoms with Gasteiger partial charge in [-0.15, -0.1) is 0 Å². The van der Waals surface area contributed by atoms with E-state index in [4.69, 9.17) is 48.7 Å². The highest BCUT2D eigenvalue weighted by atomic mass is 16.7. The van der Waals surface area contributed by atoms with Crippen molar-refractivity contribution in [2.75, 3.05) is 33.0 Å². The zero-order valence-corrected chi connectivity index (χ0v) is 42.9. The van der Waals surface area contributed by atoms with Crippen LogP contribution in [-0.2, 0) is 57.1 Å². The molecule has 0 saturated carbocycles. The Bertz CT molecular complexity index is 2050. The van der Waals surface area contributed by atoms with Crippen LogP contribution in [0.5, 0.6) is 0 Å². The molecule has 3 aliphatic rings. The highest BCUT2D eigenvalue weighted by Crippen LogP contribution is 2.32. The summed E-state index contributed by atoms with van der Waals surface area (Å²) < 4.78 is 44.8. The van der Waals surface area contributed by atoms with E-state index < -0.39 is 239 Å². The molecule has 4 amide bonds. The molecular weight excluding hydrogens is 1060 g/mol. The van der Waals surface area contributed by atoms with Crippen molar-refractivity contribution in [1.29, 1.82) is 0 Å². The molecule has 23 N–H and O–H groups in total. The Balaban J connectivity index is 2.03. The first-order chi connectivity index (χ1) is 36.5. The minimum absolute atomic E-state index is 0.433. The summed E-state index contributed by atoms with van der Waals surface area (Å²) in [6.45, 7) is 0.857. The second-order valence-corrected chi connectivity index (χ2v) is 18.1. The fourth-order valence-electron chi connectivity index (χ4n) is 8.11. The fourth-order valence-corrected chi connectivity index (χ4v) is 8.11. The maximum atomic E-state index is 12.6. The van der Waals surface area contributed by atoms with Gasteiger partial charge in [-0.25, -0.2) is 0 Å². The monoisotopic (exact) mass is 1140 g/mol. The molecule has 0 bridgehead atoms. The smallest absolute Gasteiger partial charge is 0.221 e. The standard InChI is InChI=1S/C44H75N5O29/c1-14-29(59)35(65)36(66)44(72-14)71-13-23-38(33(63)27(40(68)74-23)48-17(4)56)78-42(70)26(47-16(3)55)32(62)21(8-11-52)75-43-28(49-18(5)57)34(64)37(22(12-53)76-43)77-41(69)25(46-15(2)54)31(61)20(7-10-51)73-39(67)24(45)30(60)19(58)6-9-50/h14,19-23,27-29,33-44,50-53,58-70H,6-13,45H2,1-5H3,(H,46,54)(H,47,55)(H,48,56)(H,49,57)/b30-24-,31-25-,32-26-. The van der Waals surface area contributed by atoms with Crippen LogP contribution in [0.15, 0.2) is 34.4 Å². The lowest BCUT2D eigenvalue weighted by atomic mass is 9.96. The fraction of sp³-hybridized carbons (Fsp3) is 0.773. The Morgan fingerprint density at radius 2 is 1.04 bits per heavy atom. The number of hydrogen-bond donors (Lipinski definition) is 22. The molecule has 34 heteroatoms. The number of aliphatic hydroxyl groups is 17. The van der Waals surface area contributed by atoms with Gasteiger partial charge in [0.15, 0.2) is 37.7 Å². The lowest BCUT2D eigenvalue weighted by molar-refractivity contribution is -0.321. The third kappa shape index (κ3) is 18.2. The molecule has 0 radical (unpaired) electrons. The van der Waals surface area contributed by atoms with E-state index in [1.165, 1.54) is 6.92 Å². The first kappa shape index (κ1) is 67.7. The average Bonchev–Trinajstić information content (AvgIpc) is 3.37. The zero-order chi connectivity index (χ0) is 59.0. The van der Waals surface area contributed by atoms with Crippen molar-refractivity contribution in [3.05, 3.63) is 34.4 Å². The third-order valence-corrected chi connectivity index (χ3v) is 12.0. The first-order valence-corrected chi connectivity index (χ1v) is 24.1. The molecule has 3 saturated heterocycles. The van der Waals surface area contributed by atoms with E-state index in [2.05, 4.69) is 21.3 Å². The number of carbonyl (C=O) groups excluding carboxylic acids is 4. The number of aliphatic hydroxyl groups excluding tert-OH is 17. The summed E-state index contributed by atoms with van der Waals surface area (Å²) in [7, 11) is 0. The van der Waals surface area contributed by atoms with Crippen molar-refractivity contribution in [2.24, 2.45) is 5.73 Å². The molecule has 0 aromatic carbocycles. The average molecular weight is 1140 g/mol. The Labute approximate surface area is 444 Å². The highest BCUT2D eigenvalue weighted by Gasteiger charge is 2.51. The number of rotatable bonds is 28. The molecule has 3 rings (SSSR count). The summed E-state index contributed by atoms with van der Waals surface area (Å²) in [5.74, 6) is -7.12. The molecular formula is C44H75N5O29. The molecule has 0 aromatic rings. The minimum Gasteiger partial charge on any atom is -0.508 e. The molecule has 0 spiro atoms. The van der Waals surface area contributed by atoms with Crippen molar-refractivity contribution in [3.8, 4) is 0 Å². The number of amides is 4. The number of carbonyl (C=O) groups is 4. The van der Waals surface area contributed by atoms with Gasteiger partial charge in [-0.2, -0.15) is 0 Å². The van der Waals surface area contributed by atoms with E-state index in [9.17, 15) is 101 Å². The molecule has 78 heavy (non-hydrogen) atoms. The van der Waals surface area contributed by atoms with Gasteiger partial charge in [-0.1, -0.05) is 0 Å². The molecule has 0 aliphatic carbocycles. The summed E-state index contributed by atoms with van der Waals surface area (Å²) in [5, 5.41) is 190. The van der Waals surface area contributed by atoms with Gasteiger partial charge in [0.25, 0.3) is 0 Å². The summed E-state index contributed by atoms with van der Waals surface area (Å²) in [6.07, 6.45) is -38.6. The van der Waals surface area contributed by atoms with Crippen molar-refractivity contribution >= 4 is 23.6 Å². The van der Waals surface area contributed by atoms with E-state index in [0.29, 0.717) is 0 Å². The molecule has 0 aromatic heterocycles. The molecule has 3 heterocycles. The van der Waals surface area contributed by atoms with Gasteiger partial charge in [-0.05, 0) is 6.92 Å². The normalized spacial score (nSPS) is 32.9. The van der Waals surface area contributed by atoms with E-state index >= 15 is 0 Å². The Morgan fingerprint density at radius 1 is 0.551 bits per heavy atom. The largest absolute Gasteiger partial charge is 0.508 e. The molecule has 450 valence electrons. The van der Waals surface area contributed by atoms with Crippen molar-refractivity contribution in [3.63, 3.8) is 0 Å². The number of nitrogens with one attached hydrogen (secondary N) is 4. The van der Waals surface area contributed by atoms with Gasteiger partial charge < -0.3 is 152 Å². The van der Waals surface area contributed by atoms with Crippen LogP contribution in [0.1, 0.15) is 53.9 Å². The van der Waals surface area contributed by atoms with Crippen LogP contribution >= 0.6 is 0 Å². The lowest BCUT2D eigenvalue weighted by Gasteiger charge is -2.45. The predicted octanol–water partition coefficient (Wildman–Crippen LogP) is -9.46. The Morgan fingerprint density at radius 3 is 1.54 bits per heavy atom. The molecule has 3 aliphatic heterocycles. The van der Waals surface area contributed by atoms with Gasteiger partial charge in [0.05, 0.1) is 19.3 Å². The van der Waals surface area contributed by atoms with Gasteiger partial charge in [0, 0.05) is 66.8 Å². The summed E-state index contributed by atoms with van der Waals surface area (Å²) in [5.41, 5.74) is 2.80. The van der Waals surface area contributed by atoms with Crippen LogP contribution in [0, 0.1) is 0 Å². The topological polar surface area (TPSA) is 560 Å². The van der Waals surface area contributed by atoms with Crippen LogP contribution < -0.4 is 27.0 Å². The number of ether oxygens (including phenoxy) is 8. The molecule has 3 fully saturated rings. The summed E-state index contributed by atoms with van der Waals surface area (Å²) in [4.78, 5) is 49.6. The van der Waals surface area contributed by atoms with Crippen LogP contribution in [0.2, 0.25) is 0 Å². The van der Waals surface area contributed by atoms with E-state index in [1.54, 1.807) is 0 Å². The second-order valence-electron chi connectivity index (χ2n) is 18.1. The van der Waals surface area contributed by atoms with E-state index in [1.807, 2.05) is 0 Å². The van der Waals surface area contributed by atoms with Crippen molar-refractivity contribution < 1.29 is 144 Å². The lowest BCUT2D eigenvalue weighted by Crippen LogP contribution is -2.66. The minimum atomic E-state index is -2.58. The van der Waals surface area contributed by atoms with Crippen LogP contribution in [0.4, 0.5) is 0 Å². The van der Waals surface area contributed by atoms with Gasteiger partial charge in [0.2, 0.25) is 23.6 Å². The summed E-state index contributed by atoms with van der Waals surface area (Å²) in [6, 6.07) is -3.57. The van der Waals surface area contributed by atoms with Gasteiger partial charge in [0.1, 0.15) is 120 Å². The quantitative estimate of drug-likeness (QED) is 0.0255. The maximum Gasteiger partial charge on any atom is 0.221 e. The number of hydrogen-bond acceptors (Lipinski definition) is 30. The molecule has 21 atom stereocenters. The number of nitrogens with two attached hydrogens (primary N) is 1. The molecule has 21 unspecified atom stereocenters. The van der Waals surface area contributed by atoms with Crippen LogP contribution in [0.3, 0.4) is 0 Å². The van der Waals surface area contributed by atoms with E-state index in [0.717, 1.165) is 27.7 Å². The van der Waals surface area contributed by atoms with Crippen molar-refractivity contribution in [1.82, 2.24) is 21.3 Å². The molecule has 34 nitrogen and oxygen atoms in total. The highest BCUT2D eigenvalue weighted by molar-refractivity contribution is 5.76. The predicted molar refractivity (Wildman–Crippen MR) is 252 cm³/mol. The second kappa shape index (κ2) is 31.4. The van der Waals surface area contributed by atoms with Gasteiger partial charge >= 0.3 is 0 Å². The van der Waals surface area contributed by atoms with Gasteiger partial charge in [-0.3, -0.25) is 19.2 Å². The SMILES string of the molecule is CC(=O)N/C(=C(\O)C(CCO)OC(O)/C(N)=C(/O)C(O)CCO)C(O)OC1C(CO)OC(OC(CCO)/C(O)=C(/NC(C)=O)C(O)OC2C(COC3OC(C)C(O)C(O)C3O)OC(O)C(NC(C)=O)C2O)C(NC(C)=O)C1O. The first-order valence-electron chi connectivity index (χ1n) is 24.1. The zero-order valence-electron chi connectivity index (χ0n) is 42.9. The van der Waals surface area contributed by atoms with Crippen LogP contribution in [0.25, 0.3) is 0 Å². The maximum absolute atomic E-state index is 12.6. The Kier molecular flexibility index (Phi) is 27.3. The van der Waals surface area contributed by atoms with E-state index in [-0.39, 0.29) is 0 Å². The summed E-state index contributed by atoms with van der Waals surface area (Å²) >= 11 is 0. The van der Waals surface area contributed by atoms with Crippen LogP contribution in [-0.4, -0.2) is 273 Å². The van der Waals surface area contributed by atoms with Crippen molar-refractivity contribution in [2.45, 2.75) is 183 Å². The third-order valence-electron chi connectivity index (χ3n) is 12.0. The Hall–Kier alpha value is -4.58.